The van der Waals surface area contributed by atoms with Gasteiger partial charge in [-0.2, -0.15) is 0 Å². The summed E-state index contributed by atoms with van der Waals surface area (Å²) in [5.41, 5.74) is 1.62. The lowest BCUT2D eigenvalue weighted by Gasteiger charge is -2.14. The van der Waals surface area contributed by atoms with Gasteiger partial charge in [0.1, 0.15) is 10.2 Å². The van der Waals surface area contributed by atoms with Gasteiger partial charge in [-0.05, 0) is 53.0 Å². The number of hydrogen-bond donors (Lipinski definition) is 1. The van der Waals surface area contributed by atoms with Crippen molar-refractivity contribution in [3.8, 4) is 0 Å². The van der Waals surface area contributed by atoms with Crippen LogP contribution in [0.2, 0.25) is 4.34 Å². The molecule has 1 atom stereocenters. The number of halogens is 3. The third-order valence-corrected chi connectivity index (χ3v) is 5.45. The van der Waals surface area contributed by atoms with Crippen LogP contribution in [0.5, 0.6) is 0 Å². The summed E-state index contributed by atoms with van der Waals surface area (Å²) in [5, 5.41) is 3.37. The lowest BCUT2D eigenvalue weighted by molar-refractivity contribution is 0.566. The molecule has 0 saturated carbocycles. The van der Waals surface area contributed by atoms with Crippen LogP contribution in [0, 0.1) is 12.7 Å². The van der Waals surface area contributed by atoms with Gasteiger partial charge in [0.25, 0.3) is 0 Å². The number of thiophene rings is 1. The van der Waals surface area contributed by atoms with E-state index >= 15 is 0 Å². The van der Waals surface area contributed by atoms with Crippen molar-refractivity contribution in [2.75, 3.05) is 0 Å². The molecule has 0 aliphatic heterocycles. The zero-order valence-electron chi connectivity index (χ0n) is 10.6. The van der Waals surface area contributed by atoms with Gasteiger partial charge < -0.3 is 5.32 Å². The van der Waals surface area contributed by atoms with Crippen LogP contribution in [0.15, 0.2) is 28.7 Å². The minimum absolute atomic E-state index is 0.0924. The van der Waals surface area contributed by atoms with Crippen molar-refractivity contribution in [1.82, 2.24) is 5.32 Å². The Morgan fingerprint density at radius 2 is 2.16 bits per heavy atom. The van der Waals surface area contributed by atoms with E-state index in [0.29, 0.717) is 12.1 Å². The van der Waals surface area contributed by atoms with Crippen molar-refractivity contribution < 1.29 is 4.39 Å². The van der Waals surface area contributed by atoms with Crippen LogP contribution < -0.4 is 5.32 Å². The van der Waals surface area contributed by atoms with Crippen molar-refractivity contribution in [2.24, 2.45) is 0 Å². The van der Waals surface area contributed by atoms with Crippen molar-refractivity contribution in [3.63, 3.8) is 0 Å². The van der Waals surface area contributed by atoms with Gasteiger partial charge in [-0.15, -0.1) is 11.3 Å². The summed E-state index contributed by atoms with van der Waals surface area (Å²) >= 11 is 10.9. The van der Waals surface area contributed by atoms with Crippen molar-refractivity contribution in [3.05, 3.63) is 54.9 Å². The van der Waals surface area contributed by atoms with Gasteiger partial charge in [-0.3, -0.25) is 0 Å². The fraction of sp³-hybridized carbons (Fsp3) is 0.286. The first kappa shape index (κ1) is 15.0. The van der Waals surface area contributed by atoms with E-state index in [1.165, 1.54) is 11.3 Å². The molecule has 102 valence electrons. The van der Waals surface area contributed by atoms with Crippen LogP contribution in [0.1, 0.15) is 29.0 Å². The highest BCUT2D eigenvalue weighted by atomic mass is 79.9. The van der Waals surface area contributed by atoms with Gasteiger partial charge >= 0.3 is 0 Å². The minimum atomic E-state index is -0.159. The first-order valence-corrected chi connectivity index (χ1v) is 7.89. The quantitative estimate of drug-likeness (QED) is 0.761. The normalized spacial score (nSPS) is 12.7. The summed E-state index contributed by atoms with van der Waals surface area (Å²) < 4.78 is 15.2. The molecule has 0 radical (unpaired) electrons. The molecule has 1 N–H and O–H groups in total. The maximum absolute atomic E-state index is 13.5. The molecule has 0 bridgehead atoms. The second-order valence-corrected chi connectivity index (χ2v) is 7.04. The SMILES string of the molecule is Cc1ccc(C(C)NCc2cc(Br)c(Cl)s2)cc1F. The van der Waals surface area contributed by atoms with Crippen LogP contribution in [0.3, 0.4) is 0 Å². The van der Waals surface area contributed by atoms with Crippen molar-refractivity contribution in [1.29, 1.82) is 0 Å². The highest BCUT2D eigenvalue weighted by Crippen LogP contribution is 2.32. The maximum atomic E-state index is 13.5. The van der Waals surface area contributed by atoms with Gasteiger partial charge in [0, 0.05) is 21.9 Å². The van der Waals surface area contributed by atoms with Gasteiger partial charge in [0.05, 0.1) is 0 Å². The first-order valence-electron chi connectivity index (χ1n) is 5.90. The molecule has 19 heavy (non-hydrogen) atoms. The lowest BCUT2D eigenvalue weighted by atomic mass is 10.1. The summed E-state index contributed by atoms with van der Waals surface area (Å²) in [6.07, 6.45) is 0. The monoisotopic (exact) mass is 361 g/mol. The van der Waals surface area contributed by atoms with Crippen LogP contribution in [0.4, 0.5) is 4.39 Å². The van der Waals surface area contributed by atoms with Gasteiger partial charge in [-0.25, -0.2) is 4.39 Å². The van der Waals surface area contributed by atoms with E-state index in [4.69, 9.17) is 11.6 Å². The Morgan fingerprint density at radius 3 is 2.74 bits per heavy atom. The van der Waals surface area contributed by atoms with Gasteiger partial charge in [0.15, 0.2) is 0 Å². The van der Waals surface area contributed by atoms with Crippen LogP contribution in [0.25, 0.3) is 0 Å². The standard InChI is InChI=1S/C14H14BrClFNS/c1-8-3-4-10(5-13(8)17)9(2)18-7-11-6-12(15)14(16)19-11/h3-6,9,18H,7H2,1-2H3. The fourth-order valence-corrected chi connectivity index (χ4v) is 3.47. The minimum Gasteiger partial charge on any atom is -0.305 e. The average molecular weight is 363 g/mol. The molecule has 1 nitrogen and oxygen atoms in total. The van der Waals surface area contributed by atoms with E-state index in [1.807, 2.05) is 19.1 Å². The topological polar surface area (TPSA) is 12.0 Å². The molecular weight excluding hydrogens is 349 g/mol. The molecule has 0 aliphatic carbocycles. The fourth-order valence-electron chi connectivity index (χ4n) is 1.73. The Bertz CT molecular complexity index is 565. The summed E-state index contributed by atoms with van der Waals surface area (Å²) in [4.78, 5) is 1.15. The third kappa shape index (κ3) is 3.78. The number of hydrogen-bond acceptors (Lipinski definition) is 2. The molecule has 1 aromatic carbocycles. The van der Waals surface area contributed by atoms with Crippen molar-refractivity contribution in [2.45, 2.75) is 26.4 Å². The molecule has 0 saturated heterocycles. The number of nitrogens with one attached hydrogen (secondary N) is 1. The molecule has 2 rings (SSSR count). The highest BCUT2D eigenvalue weighted by Gasteiger charge is 2.09. The molecule has 1 heterocycles. The molecule has 0 aliphatic rings. The van der Waals surface area contributed by atoms with Crippen LogP contribution in [-0.2, 0) is 6.54 Å². The predicted molar refractivity (Wildman–Crippen MR) is 83.4 cm³/mol. The van der Waals surface area contributed by atoms with Crippen molar-refractivity contribution >= 4 is 38.9 Å². The Balaban J connectivity index is 2.00. The Morgan fingerprint density at radius 1 is 1.42 bits per heavy atom. The van der Waals surface area contributed by atoms with E-state index in [1.54, 1.807) is 19.1 Å². The van der Waals surface area contributed by atoms with Gasteiger partial charge in [-0.1, -0.05) is 23.7 Å². The van der Waals surface area contributed by atoms with E-state index in [2.05, 4.69) is 21.2 Å². The predicted octanol–water partition coefficient (Wildman–Crippen LogP) is 5.46. The molecule has 5 heteroatoms. The number of rotatable bonds is 4. The average Bonchev–Trinajstić information content (AvgIpc) is 2.69. The van der Waals surface area contributed by atoms with E-state index in [-0.39, 0.29) is 11.9 Å². The molecule has 1 unspecified atom stereocenters. The Labute approximate surface area is 129 Å². The van der Waals surface area contributed by atoms with E-state index in [0.717, 1.165) is 19.2 Å². The largest absolute Gasteiger partial charge is 0.305 e. The zero-order valence-corrected chi connectivity index (χ0v) is 13.8. The van der Waals surface area contributed by atoms with E-state index < -0.39 is 0 Å². The van der Waals surface area contributed by atoms with E-state index in [9.17, 15) is 4.39 Å². The molecule has 1 aromatic heterocycles. The third-order valence-electron chi connectivity index (χ3n) is 2.97. The highest BCUT2D eigenvalue weighted by molar-refractivity contribution is 9.10. The maximum Gasteiger partial charge on any atom is 0.126 e. The molecule has 0 spiro atoms. The van der Waals surface area contributed by atoms with Crippen LogP contribution >= 0.6 is 38.9 Å². The second kappa shape index (κ2) is 6.35. The molecular formula is C14H14BrClFNS. The lowest BCUT2D eigenvalue weighted by Crippen LogP contribution is -2.17. The van der Waals surface area contributed by atoms with Gasteiger partial charge in [0.2, 0.25) is 0 Å². The summed E-state index contributed by atoms with van der Waals surface area (Å²) in [6, 6.07) is 7.44. The smallest absolute Gasteiger partial charge is 0.126 e. The Hall–Kier alpha value is -0.420. The Kier molecular flexibility index (Phi) is 5.01. The molecule has 0 fully saturated rings. The number of aryl methyl sites for hydroxylation is 1. The van der Waals surface area contributed by atoms with Crippen LogP contribution in [-0.4, -0.2) is 0 Å². The summed E-state index contributed by atoms with van der Waals surface area (Å²) in [7, 11) is 0. The molecule has 2 aromatic rings. The second-order valence-electron chi connectivity index (χ2n) is 4.45. The number of benzene rings is 1. The summed E-state index contributed by atoms with van der Waals surface area (Å²) in [5.74, 6) is -0.159. The molecule has 0 amide bonds. The first-order chi connectivity index (χ1) is 8.97. The zero-order chi connectivity index (χ0) is 14.0. The summed E-state index contributed by atoms with van der Waals surface area (Å²) in [6.45, 7) is 4.50.